The number of allylic oxidation sites excluding steroid dienone is 1. The van der Waals surface area contributed by atoms with Crippen LogP contribution in [0.5, 0.6) is 5.75 Å². The van der Waals surface area contributed by atoms with Gasteiger partial charge in [0, 0.05) is 12.1 Å². The summed E-state index contributed by atoms with van der Waals surface area (Å²) in [7, 11) is -8.41. The molecule has 15 nitrogen and oxygen atoms in total. The maximum absolute atomic E-state index is 13.9. The van der Waals surface area contributed by atoms with Gasteiger partial charge < -0.3 is 19.4 Å². The molecule has 1 heterocycles. The minimum Gasteiger partial charge on any atom is -0.480 e. The first kappa shape index (κ1) is 35.9. The quantitative estimate of drug-likeness (QED) is 0.0371. The van der Waals surface area contributed by atoms with Crippen molar-refractivity contribution in [3.63, 3.8) is 0 Å². The monoisotopic (exact) mass is 719 g/mol. The lowest BCUT2D eigenvalue weighted by atomic mass is 9.90. The number of amides is 2. The number of benzene rings is 3. The highest BCUT2D eigenvalue weighted by atomic mass is 33.1. The second kappa shape index (κ2) is 14.4. The zero-order valence-electron chi connectivity index (χ0n) is 25.5. The number of esters is 1. The predicted molar refractivity (Wildman–Crippen MR) is 172 cm³/mol. The molecule has 0 radical (unpaired) electrons. The molecule has 0 spiro atoms. The van der Waals surface area contributed by atoms with Crippen LogP contribution in [0.15, 0.2) is 95.2 Å². The zero-order chi connectivity index (χ0) is 35.4. The molecule has 3 unspecified atom stereocenters. The summed E-state index contributed by atoms with van der Waals surface area (Å²) in [5.74, 6) is -5.55. The van der Waals surface area contributed by atoms with E-state index in [9.17, 15) is 41.3 Å². The Morgan fingerprint density at radius 1 is 1.00 bits per heavy atom. The number of nitrogens with zero attached hydrogens (tertiary/aromatic N) is 2. The second-order valence-corrected chi connectivity index (χ2v) is 16.0. The van der Waals surface area contributed by atoms with Crippen molar-refractivity contribution in [3.05, 3.63) is 112 Å². The summed E-state index contributed by atoms with van der Waals surface area (Å²) in [6.07, 6.45) is -1.04. The van der Waals surface area contributed by atoms with Gasteiger partial charge in [0.25, 0.3) is 11.6 Å². The third-order valence-corrected chi connectivity index (χ3v) is 11.1. The molecule has 2 amide bonds. The van der Waals surface area contributed by atoms with E-state index in [0.29, 0.717) is 16.7 Å². The number of nitro benzene ring substituents is 1. The smallest absolute Gasteiger partial charge is 0.359 e. The third-order valence-electron chi connectivity index (χ3n) is 6.79. The van der Waals surface area contributed by atoms with E-state index >= 15 is 0 Å². The molecule has 0 saturated carbocycles. The van der Waals surface area contributed by atoms with E-state index in [1.54, 1.807) is 37.3 Å². The number of hydrogen-bond acceptors (Lipinski definition) is 13. The summed E-state index contributed by atoms with van der Waals surface area (Å²) in [4.78, 5) is 51.0. The highest BCUT2D eigenvalue weighted by molar-refractivity contribution is 8.72. The number of non-ortho nitro benzene ring substituents is 1. The van der Waals surface area contributed by atoms with Crippen molar-refractivity contribution in [1.29, 1.82) is 0 Å². The van der Waals surface area contributed by atoms with Crippen LogP contribution in [0.2, 0.25) is 0 Å². The summed E-state index contributed by atoms with van der Waals surface area (Å²) in [6.45, 7) is 2.30. The Morgan fingerprint density at radius 2 is 1.60 bits per heavy atom. The van der Waals surface area contributed by atoms with Crippen molar-refractivity contribution >= 4 is 53.3 Å². The highest BCUT2D eigenvalue weighted by Gasteiger charge is 2.59. The van der Waals surface area contributed by atoms with E-state index < -0.39 is 77.2 Å². The molecule has 0 aliphatic carbocycles. The van der Waals surface area contributed by atoms with E-state index in [0.717, 1.165) is 12.5 Å². The van der Waals surface area contributed by atoms with Crippen LogP contribution in [0.3, 0.4) is 0 Å². The first-order valence-electron chi connectivity index (χ1n) is 13.8. The molecule has 3 aromatic rings. The van der Waals surface area contributed by atoms with Crippen molar-refractivity contribution in [2.24, 2.45) is 11.7 Å². The van der Waals surface area contributed by atoms with Crippen LogP contribution in [0, 0.1) is 23.0 Å². The first-order chi connectivity index (χ1) is 22.5. The molecular formula is C30H29N3O12S3. The Bertz CT molecular complexity index is 1970. The van der Waals surface area contributed by atoms with E-state index in [-0.39, 0.29) is 27.1 Å². The van der Waals surface area contributed by atoms with Gasteiger partial charge >= 0.3 is 16.1 Å². The molecule has 3 atom stereocenters. The molecule has 0 bridgehead atoms. The van der Waals surface area contributed by atoms with Gasteiger partial charge in [0.2, 0.25) is 14.8 Å². The van der Waals surface area contributed by atoms with Gasteiger partial charge in [0.15, 0.2) is 11.8 Å². The molecule has 1 saturated heterocycles. The van der Waals surface area contributed by atoms with Crippen LogP contribution in [0.25, 0.3) is 0 Å². The van der Waals surface area contributed by atoms with Crippen molar-refractivity contribution < 1.29 is 49.8 Å². The van der Waals surface area contributed by atoms with Gasteiger partial charge in [-0.05, 0) is 66.6 Å². The minimum atomic E-state index is -4.32. The average molecular weight is 720 g/mol. The number of carbonyl (C=O) groups excluding carboxylic acids is 3. The number of rotatable bonds is 14. The Kier molecular flexibility index (Phi) is 10.8. The normalized spacial score (nSPS) is 17.4. The lowest BCUT2D eigenvalue weighted by Crippen LogP contribution is -2.66. The third kappa shape index (κ3) is 8.50. The number of hydrogen-bond donors (Lipinski definition) is 1. The number of nitrogens with two attached hydrogens (primary N) is 1. The summed E-state index contributed by atoms with van der Waals surface area (Å²) in [6, 6.07) is 18.5. The summed E-state index contributed by atoms with van der Waals surface area (Å²) >= 11 is 0. The molecule has 2 N–H and O–H groups in total. The number of β-lactam (4-membered cyclic amide) rings is 1. The van der Waals surface area contributed by atoms with Crippen molar-refractivity contribution in [3.8, 4) is 5.75 Å². The molecule has 18 heteroatoms. The molecule has 0 aromatic heterocycles. The fourth-order valence-electron chi connectivity index (χ4n) is 4.56. The Hall–Kier alpha value is -4.94. The molecule has 1 fully saturated rings. The maximum atomic E-state index is 13.9. The van der Waals surface area contributed by atoms with Gasteiger partial charge in [-0.25, -0.2) is 13.2 Å². The van der Waals surface area contributed by atoms with Crippen molar-refractivity contribution in [2.45, 2.75) is 36.8 Å². The Morgan fingerprint density at radius 3 is 2.15 bits per heavy atom. The Labute approximate surface area is 279 Å². The largest absolute Gasteiger partial charge is 0.480 e. The summed E-state index contributed by atoms with van der Waals surface area (Å²) < 4.78 is 67.4. The van der Waals surface area contributed by atoms with Gasteiger partial charge in [-0.15, -0.1) is 0 Å². The number of carbonyl (C=O) groups is 3. The van der Waals surface area contributed by atoms with Crippen LogP contribution < -0.4 is 10.5 Å². The SMILES string of the molecule is C/C(OS(C)(=O)=O)=C(/C(=O)OCc1ccc([N+](=O)[O-])cc1)N1C(=O)C(C(Oc2ccccc2)C(N)=O)C1SS(=O)(=O)c1ccc(C)cc1. The number of para-hydroxylation sites is 1. The van der Waals surface area contributed by atoms with Gasteiger partial charge in [-0.2, -0.15) is 8.42 Å². The van der Waals surface area contributed by atoms with E-state index in [1.807, 2.05) is 0 Å². The zero-order valence-corrected chi connectivity index (χ0v) is 28.0. The molecule has 48 heavy (non-hydrogen) atoms. The molecule has 4 rings (SSSR count). The second-order valence-electron chi connectivity index (χ2n) is 10.4. The fraction of sp³-hybridized carbons (Fsp3) is 0.233. The van der Waals surface area contributed by atoms with Crippen LogP contribution in [-0.4, -0.2) is 62.2 Å². The fourth-order valence-corrected chi connectivity index (χ4v) is 8.67. The lowest BCUT2D eigenvalue weighted by molar-refractivity contribution is -0.384. The van der Waals surface area contributed by atoms with Gasteiger partial charge in [0.05, 0.1) is 16.1 Å². The standard InChI is InChI=1S/C30H29N3O12S3/c1-18-9-15-23(16-10-18)48(41,42)46-29-24(26(27(31)34)44-22-7-5-4-6-8-22)28(35)32(29)25(19(2)45-47(3,39)40)30(36)43-17-20-11-13-21(14-12-20)33(37)38/h4-16,24,26,29H,17H2,1-3H3,(H2,31,34)/b25-19+. The molecule has 1 aliphatic heterocycles. The number of ether oxygens (including phenoxy) is 2. The number of aryl methyl sites for hydroxylation is 1. The summed E-state index contributed by atoms with van der Waals surface area (Å²) in [5, 5.41) is 9.39. The highest BCUT2D eigenvalue weighted by Crippen LogP contribution is 2.46. The number of likely N-dealkylation sites (tertiary alicyclic amines) is 1. The van der Waals surface area contributed by atoms with E-state index in [4.69, 9.17) is 19.4 Å². The van der Waals surface area contributed by atoms with Gasteiger partial charge in [0.1, 0.15) is 29.4 Å². The lowest BCUT2D eigenvalue weighted by Gasteiger charge is -2.48. The first-order valence-corrected chi connectivity index (χ1v) is 18.5. The van der Waals surface area contributed by atoms with E-state index in [1.165, 1.54) is 48.5 Å². The van der Waals surface area contributed by atoms with Gasteiger partial charge in [-0.3, -0.25) is 24.6 Å². The van der Waals surface area contributed by atoms with Crippen LogP contribution >= 0.6 is 10.8 Å². The van der Waals surface area contributed by atoms with Crippen LogP contribution in [0.4, 0.5) is 5.69 Å². The van der Waals surface area contributed by atoms with Crippen LogP contribution in [-0.2, 0) is 48.9 Å². The van der Waals surface area contributed by atoms with Crippen molar-refractivity contribution in [1.82, 2.24) is 4.90 Å². The number of primary amides is 1. The maximum Gasteiger partial charge on any atom is 0.359 e. The van der Waals surface area contributed by atoms with Crippen molar-refractivity contribution in [2.75, 3.05) is 6.26 Å². The topological polar surface area (TPSA) is 220 Å². The predicted octanol–water partition coefficient (Wildman–Crippen LogP) is 2.99. The summed E-state index contributed by atoms with van der Waals surface area (Å²) in [5.41, 5.74) is 5.69. The Balaban J connectivity index is 1.77. The molecule has 254 valence electrons. The minimum absolute atomic E-state index is 0.132. The average Bonchev–Trinajstić information content (AvgIpc) is 3.01. The molecular weight excluding hydrogens is 691 g/mol. The molecule has 3 aromatic carbocycles. The van der Waals surface area contributed by atoms with E-state index in [2.05, 4.69) is 0 Å². The number of nitro groups is 1. The van der Waals surface area contributed by atoms with Crippen LogP contribution in [0.1, 0.15) is 18.1 Å². The van der Waals surface area contributed by atoms with Gasteiger partial charge in [-0.1, -0.05) is 35.9 Å². The molecule has 1 aliphatic rings.